The van der Waals surface area contributed by atoms with Crippen molar-refractivity contribution >= 4 is 22.2 Å². The minimum atomic E-state index is 0.460. The highest BCUT2D eigenvalue weighted by Gasteiger charge is 2.21. The number of ether oxygens (including phenoxy) is 1. The number of hydrogen-bond donors (Lipinski definition) is 1. The number of piperazine rings is 1. The number of fused-ring (bicyclic) bond motifs is 2. The largest absolute Gasteiger partial charge is 0.478 e. The van der Waals surface area contributed by atoms with Crippen molar-refractivity contribution < 1.29 is 4.74 Å². The number of nitrogens with zero attached hydrogens (tertiary/aromatic N) is 6. The first-order chi connectivity index (χ1) is 14.5. The number of hydrogen-bond acceptors (Lipinski definition) is 7. The van der Waals surface area contributed by atoms with E-state index in [1.54, 1.807) is 7.11 Å². The standard InChI is InChI=1S/C22H25N7O/c1-13-9-28(10-14(2)24-13)17-5-6-18-16(7-17)8-23-20(26-18)19-12-29-11-15(3)25-21(29)22(27-19)30-4/h5-8,11-14,24H,9-10H2,1-4H3/t13-,14+. The van der Waals surface area contributed by atoms with E-state index in [9.17, 15) is 0 Å². The summed E-state index contributed by atoms with van der Waals surface area (Å²) in [4.78, 5) is 20.8. The van der Waals surface area contributed by atoms with Crippen LogP contribution in [-0.2, 0) is 0 Å². The molecule has 5 rings (SSSR count). The number of imidazole rings is 1. The first kappa shape index (κ1) is 18.7. The molecule has 0 bridgehead atoms. The van der Waals surface area contributed by atoms with Crippen LogP contribution in [0.4, 0.5) is 5.69 Å². The van der Waals surface area contributed by atoms with Gasteiger partial charge in [0.1, 0.15) is 5.69 Å². The molecule has 154 valence electrons. The van der Waals surface area contributed by atoms with E-state index in [2.05, 4.69) is 57.2 Å². The highest BCUT2D eigenvalue weighted by Crippen LogP contribution is 2.26. The van der Waals surface area contributed by atoms with Crippen LogP contribution in [-0.4, -0.2) is 56.6 Å². The summed E-state index contributed by atoms with van der Waals surface area (Å²) in [6.07, 6.45) is 5.69. The zero-order valence-corrected chi connectivity index (χ0v) is 17.6. The molecule has 0 saturated carbocycles. The molecule has 3 aromatic heterocycles. The number of methoxy groups -OCH3 is 1. The fourth-order valence-corrected chi connectivity index (χ4v) is 4.22. The second kappa shape index (κ2) is 7.21. The Hall–Kier alpha value is -3.26. The molecule has 0 amide bonds. The molecule has 0 radical (unpaired) electrons. The minimum Gasteiger partial charge on any atom is -0.478 e. The zero-order valence-electron chi connectivity index (χ0n) is 17.6. The Labute approximate surface area is 175 Å². The van der Waals surface area contributed by atoms with Gasteiger partial charge in [-0.25, -0.2) is 19.9 Å². The second-order valence-electron chi connectivity index (χ2n) is 8.06. The average Bonchev–Trinajstić information content (AvgIpc) is 3.11. The van der Waals surface area contributed by atoms with Gasteiger partial charge in [0, 0.05) is 54.8 Å². The van der Waals surface area contributed by atoms with Crippen molar-refractivity contribution in [2.24, 2.45) is 0 Å². The van der Waals surface area contributed by atoms with Gasteiger partial charge in [-0.1, -0.05) is 0 Å². The maximum absolute atomic E-state index is 5.43. The molecule has 0 spiro atoms. The zero-order chi connectivity index (χ0) is 20.8. The van der Waals surface area contributed by atoms with Crippen molar-refractivity contribution in [1.29, 1.82) is 0 Å². The van der Waals surface area contributed by atoms with E-state index in [1.807, 2.05) is 29.9 Å². The molecular weight excluding hydrogens is 378 g/mol. The summed E-state index contributed by atoms with van der Waals surface area (Å²) in [5.41, 5.74) is 4.32. The van der Waals surface area contributed by atoms with Crippen LogP contribution in [0.15, 0.2) is 36.8 Å². The van der Waals surface area contributed by atoms with Crippen LogP contribution in [0.5, 0.6) is 5.88 Å². The molecule has 1 aliphatic rings. The van der Waals surface area contributed by atoms with Crippen LogP contribution in [0.25, 0.3) is 28.1 Å². The van der Waals surface area contributed by atoms with Crippen LogP contribution in [0.2, 0.25) is 0 Å². The Morgan fingerprint density at radius 1 is 1.07 bits per heavy atom. The van der Waals surface area contributed by atoms with E-state index < -0.39 is 0 Å². The van der Waals surface area contributed by atoms with E-state index in [0.717, 1.165) is 29.7 Å². The predicted octanol–water partition coefficient (Wildman–Crippen LogP) is 2.84. The lowest BCUT2D eigenvalue weighted by atomic mass is 10.1. The molecule has 1 fully saturated rings. The summed E-state index contributed by atoms with van der Waals surface area (Å²) in [5.74, 6) is 1.02. The maximum Gasteiger partial charge on any atom is 0.258 e. The molecule has 30 heavy (non-hydrogen) atoms. The van der Waals surface area contributed by atoms with Gasteiger partial charge >= 0.3 is 0 Å². The lowest BCUT2D eigenvalue weighted by Gasteiger charge is -2.37. The van der Waals surface area contributed by atoms with Gasteiger partial charge in [0.2, 0.25) is 5.65 Å². The van der Waals surface area contributed by atoms with Gasteiger partial charge in [-0.2, -0.15) is 0 Å². The van der Waals surface area contributed by atoms with E-state index in [-0.39, 0.29) is 0 Å². The number of rotatable bonds is 3. The third-order valence-corrected chi connectivity index (χ3v) is 5.44. The fourth-order valence-electron chi connectivity index (χ4n) is 4.22. The monoisotopic (exact) mass is 403 g/mol. The lowest BCUT2D eigenvalue weighted by molar-refractivity contribution is 0.400. The van der Waals surface area contributed by atoms with Crippen LogP contribution >= 0.6 is 0 Å². The fraction of sp³-hybridized carbons (Fsp3) is 0.364. The molecule has 4 heterocycles. The molecule has 4 aromatic rings. The average molecular weight is 403 g/mol. The minimum absolute atomic E-state index is 0.460. The number of aryl methyl sites for hydroxylation is 1. The van der Waals surface area contributed by atoms with Crippen molar-refractivity contribution in [2.45, 2.75) is 32.9 Å². The molecule has 1 aliphatic heterocycles. The Kier molecular flexibility index (Phi) is 4.51. The number of benzene rings is 1. The number of nitrogens with one attached hydrogen (secondary N) is 1. The SMILES string of the molecule is COc1nc(-c2ncc3cc(N4C[C@@H](C)N[C@@H](C)C4)ccc3n2)cn2cc(C)nc12. The molecule has 1 saturated heterocycles. The molecule has 0 aliphatic carbocycles. The van der Waals surface area contributed by atoms with Gasteiger partial charge in [-0.3, -0.25) is 4.40 Å². The Morgan fingerprint density at radius 2 is 1.87 bits per heavy atom. The lowest BCUT2D eigenvalue weighted by Crippen LogP contribution is -2.54. The van der Waals surface area contributed by atoms with Crippen LogP contribution in [0.3, 0.4) is 0 Å². The summed E-state index contributed by atoms with van der Waals surface area (Å²) in [7, 11) is 1.59. The van der Waals surface area contributed by atoms with E-state index in [0.29, 0.717) is 35.1 Å². The van der Waals surface area contributed by atoms with Gasteiger partial charge < -0.3 is 15.0 Å². The van der Waals surface area contributed by atoms with E-state index in [4.69, 9.17) is 9.72 Å². The topological polar surface area (TPSA) is 80.5 Å². The van der Waals surface area contributed by atoms with Gasteiger partial charge in [0.05, 0.1) is 18.3 Å². The molecule has 8 heteroatoms. The first-order valence-corrected chi connectivity index (χ1v) is 10.2. The summed E-state index contributed by atoms with van der Waals surface area (Å²) >= 11 is 0. The van der Waals surface area contributed by atoms with Crippen molar-refractivity contribution in [1.82, 2.24) is 29.7 Å². The van der Waals surface area contributed by atoms with Gasteiger partial charge in [-0.15, -0.1) is 0 Å². The van der Waals surface area contributed by atoms with E-state index >= 15 is 0 Å². The molecule has 1 N–H and O–H groups in total. The highest BCUT2D eigenvalue weighted by molar-refractivity contribution is 5.83. The maximum atomic E-state index is 5.43. The Balaban J connectivity index is 1.52. The first-order valence-electron chi connectivity index (χ1n) is 10.2. The van der Waals surface area contributed by atoms with Gasteiger partial charge in [-0.05, 0) is 39.0 Å². The van der Waals surface area contributed by atoms with Crippen molar-refractivity contribution in [3.8, 4) is 17.4 Å². The van der Waals surface area contributed by atoms with Gasteiger partial charge in [0.25, 0.3) is 5.88 Å². The summed E-state index contributed by atoms with van der Waals surface area (Å²) < 4.78 is 7.33. The summed E-state index contributed by atoms with van der Waals surface area (Å²) in [5, 5.41) is 4.59. The summed E-state index contributed by atoms with van der Waals surface area (Å²) in [6.45, 7) is 8.36. The predicted molar refractivity (Wildman–Crippen MR) is 117 cm³/mol. The van der Waals surface area contributed by atoms with Crippen LogP contribution < -0.4 is 15.0 Å². The molecule has 0 unspecified atom stereocenters. The van der Waals surface area contributed by atoms with Crippen LogP contribution in [0.1, 0.15) is 19.5 Å². The smallest absolute Gasteiger partial charge is 0.258 e. The molecular formula is C22H25N7O. The number of aromatic nitrogens is 5. The normalized spacial score (nSPS) is 19.5. The Bertz CT molecular complexity index is 1230. The molecule has 1 aromatic carbocycles. The second-order valence-corrected chi connectivity index (χ2v) is 8.06. The Morgan fingerprint density at radius 3 is 2.63 bits per heavy atom. The highest BCUT2D eigenvalue weighted by atomic mass is 16.5. The molecule has 2 atom stereocenters. The quantitative estimate of drug-likeness (QED) is 0.563. The van der Waals surface area contributed by atoms with Crippen molar-refractivity contribution in [3.63, 3.8) is 0 Å². The molecule has 8 nitrogen and oxygen atoms in total. The number of anilines is 1. The van der Waals surface area contributed by atoms with Gasteiger partial charge in [0.15, 0.2) is 5.82 Å². The summed E-state index contributed by atoms with van der Waals surface area (Å²) in [6, 6.07) is 7.29. The van der Waals surface area contributed by atoms with Crippen LogP contribution in [0, 0.1) is 6.92 Å². The van der Waals surface area contributed by atoms with Crippen molar-refractivity contribution in [3.05, 3.63) is 42.5 Å². The van der Waals surface area contributed by atoms with Crippen molar-refractivity contribution in [2.75, 3.05) is 25.1 Å². The third-order valence-electron chi connectivity index (χ3n) is 5.44. The third kappa shape index (κ3) is 3.33. The van der Waals surface area contributed by atoms with E-state index in [1.165, 1.54) is 5.69 Å².